The Kier molecular flexibility index (Phi) is 5.94. The van der Waals surface area contributed by atoms with Crippen molar-refractivity contribution < 1.29 is 4.79 Å². The van der Waals surface area contributed by atoms with Gasteiger partial charge in [0.05, 0.1) is 20.6 Å². The summed E-state index contributed by atoms with van der Waals surface area (Å²) in [6.07, 6.45) is 3.64. The van der Waals surface area contributed by atoms with Gasteiger partial charge in [-0.3, -0.25) is 4.79 Å². The van der Waals surface area contributed by atoms with E-state index in [-0.39, 0.29) is 5.91 Å². The monoisotopic (exact) mass is 413 g/mol. The summed E-state index contributed by atoms with van der Waals surface area (Å²) in [5, 5.41) is 4.47. The number of aromatic nitrogens is 1. The van der Waals surface area contributed by atoms with E-state index in [1.165, 1.54) is 36.7 Å². The van der Waals surface area contributed by atoms with Crippen LogP contribution in [0.3, 0.4) is 0 Å². The van der Waals surface area contributed by atoms with E-state index in [1.54, 1.807) is 12.1 Å². The number of halogens is 2. The molecule has 1 N–H and O–H groups in total. The molecule has 2 aromatic rings. The molecule has 1 aliphatic heterocycles. The average molecular weight is 414 g/mol. The molecule has 1 fully saturated rings. The zero-order chi connectivity index (χ0) is 18.0. The average Bonchev–Trinajstić information content (AvgIpc) is 3.00. The van der Waals surface area contributed by atoms with Gasteiger partial charge in [-0.1, -0.05) is 46.8 Å². The van der Waals surface area contributed by atoms with Gasteiger partial charge in [0.1, 0.15) is 4.99 Å². The molecule has 0 unspecified atom stereocenters. The van der Waals surface area contributed by atoms with Crippen LogP contribution in [0.15, 0.2) is 18.2 Å². The Bertz CT molecular complexity index is 816. The molecule has 0 atom stereocenters. The van der Waals surface area contributed by atoms with Crippen molar-refractivity contribution in [1.82, 2.24) is 10.3 Å². The summed E-state index contributed by atoms with van der Waals surface area (Å²) < 4.78 is 0. The third kappa shape index (κ3) is 4.31. The van der Waals surface area contributed by atoms with Gasteiger partial charge in [-0.2, -0.15) is 0 Å². The van der Waals surface area contributed by atoms with Gasteiger partial charge in [-0.05, 0) is 44.4 Å². The van der Waals surface area contributed by atoms with Gasteiger partial charge >= 0.3 is 0 Å². The van der Waals surface area contributed by atoms with Crippen LogP contribution in [-0.4, -0.2) is 29.0 Å². The number of nitrogens with zero attached hydrogens (tertiary/aromatic N) is 2. The van der Waals surface area contributed by atoms with E-state index in [2.05, 4.69) is 15.2 Å². The third-order valence-corrected chi connectivity index (χ3v) is 6.44. The minimum atomic E-state index is -0.309. The summed E-state index contributed by atoms with van der Waals surface area (Å²) in [6, 6.07) is 4.74. The maximum atomic E-state index is 12.4. The van der Waals surface area contributed by atoms with Crippen LogP contribution in [0.5, 0.6) is 0 Å². The molecule has 1 saturated heterocycles. The number of thiazole rings is 1. The molecule has 0 radical (unpaired) electrons. The largest absolute Gasteiger partial charge is 0.348 e. The van der Waals surface area contributed by atoms with Crippen molar-refractivity contribution in [3.8, 4) is 0 Å². The van der Waals surface area contributed by atoms with Crippen LogP contribution < -0.4 is 10.2 Å². The Balaban J connectivity index is 1.73. The van der Waals surface area contributed by atoms with Crippen LogP contribution in [0.2, 0.25) is 10.0 Å². The number of piperidine rings is 1. The molecule has 0 spiro atoms. The smallest absolute Gasteiger partial charge is 0.256 e. The molecular weight excluding hydrogens is 397 g/mol. The van der Waals surface area contributed by atoms with E-state index in [9.17, 15) is 4.79 Å². The Morgan fingerprint density at radius 1 is 1.24 bits per heavy atom. The summed E-state index contributed by atoms with van der Waals surface area (Å²) in [6.45, 7) is 3.96. The van der Waals surface area contributed by atoms with Gasteiger partial charge in [0, 0.05) is 18.7 Å². The molecule has 3 rings (SSSR count). The first-order valence-corrected chi connectivity index (χ1v) is 9.97. The SMILES string of the molecule is Cc1nc(N2CCCCC2)sc1C(=S)NC(=O)c1ccc(Cl)c(Cl)c1. The lowest BCUT2D eigenvalue weighted by Crippen LogP contribution is -2.29. The number of thiocarbonyl (C=S) groups is 1. The predicted molar refractivity (Wildman–Crippen MR) is 109 cm³/mol. The van der Waals surface area contributed by atoms with Gasteiger partial charge < -0.3 is 10.2 Å². The first-order valence-electron chi connectivity index (χ1n) is 7.99. The minimum Gasteiger partial charge on any atom is -0.348 e. The molecular formula is C17H17Cl2N3OS2. The minimum absolute atomic E-state index is 0.309. The summed E-state index contributed by atoms with van der Waals surface area (Å²) in [5.74, 6) is -0.309. The van der Waals surface area contributed by atoms with Crippen molar-refractivity contribution in [3.63, 3.8) is 0 Å². The molecule has 2 heterocycles. The summed E-state index contributed by atoms with van der Waals surface area (Å²) in [5.41, 5.74) is 1.25. The zero-order valence-electron chi connectivity index (χ0n) is 13.6. The number of anilines is 1. The fraction of sp³-hybridized carbons (Fsp3) is 0.353. The number of hydrogen-bond acceptors (Lipinski definition) is 5. The highest BCUT2D eigenvalue weighted by molar-refractivity contribution is 7.81. The maximum Gasteiger partial charge on any atom is 0.256 e. The van der Waals surface area contributed by atoms with Gasteiger partial charge in [0.2, 0.25) is 0 Å². The fourth-order valence-electron chi connectivity index (χ4n) is 2.68. The molecule has 0 saturated carbocycles. The molecule has 0 bridgehead atoms. The molecule has 1 aliphatic rings. The van der Waals surface area contributed by atoms with Gasteiger partial charge in [0.15, 0.2) is 5.13 Å². The molecule has 25 heavy (non-hydrogen) atoms. The topological polar surface area (TPSA) is 45.2 Å². The molecule has 8 heteroatoms. The van der Waals surface area contributed by atoms with Crippen LogP contribution >= 0.6 is 46.8 Å². The quantitative estimate of drug-likeness (QED) is 0.729. The van der Waals surface area contributed by atoms with Crippen molar-refractivity contribution >= 4 is 62.8 Å². The Hall–Kier alpha value is -1.21. The highest BCUT2D eigenvalue weighted by Crippen LogP contribution is 2.29. The van der Waals surface area contributed by atoms with Crippen LogP contribution in [0.25, 0.3) is 0 Å². The first kappa shape index (κ1) is 18.6. The highest BCUT2D eigenvalue weighted by Gasteiger charge is 2.20. The highest BCUT2D eigenvalue weighted by atomic mass is 35.5. The van der Waals surface area contributed by atoms with E-state index < -0.39 is 0 Å². The van der Waals surface area contributed by atoms with Crippen LogP contribution in [0, 0.1) is 6.92 Å². The van der Waals surface area contributed by atoms with E-state index in [0.29, 0.717) is 20.6 Å². The molecule has 1 aromatic carbocycles. The fourth-order valence-corrected chi connectivity index (χ4v) is 4.36. The standard InChI is InChI=1S/C17H17Cl2N3OS2/c1-10-14(25-17(20-10)22-7-3-2-4-8-22)16(24)21-15(23)11-5-6-12(18)13(19)9-11/h5-6,9H,2-4,7-8H2,1H3,(H,21,23,24). The molecule has 1 amide bonds. The van der Waals surface area contributed by atoms with Crippen LogP contribution in [0.1, 0.15) is 40.2 Å². The Morgan fingerprint density at radius 3 is 2.64 bits per heavy atom. The molecule has 0 aliphatic carbocycles. The van der Waals surface area contributed by atoms with Crippen molar-refractivity contribution in [2.24, 2.45) is 0 Å². The number of benzene rings is 1. The van der Waals surface area contributed by atoms with Crippen molar-refractivity contribution in [3.05, 3.63) is 44.4 Å². The zero-order valence-corrected chi connectivity index (χ0v) is 16.8. The number of rotatable bonds is 3. The van der Waals surface area contributed by atoms with E-state index in [1.807, 2.05) is 6.92 Å². The normalized spacial score (nSPS) is 14.4. The lowest BCUT2D eigenvalue weighted by molar-refractivity contribution is 0.0978. The summed E-state index contributed by atoms with van der Waals surface area (Å²) >= 11 is 18.8. The van der Waals surface area contributed by atoms with Crippen molar-refractivity contribution in [2.75, 3.05) is 18.0 Å². The Morgan fingerprint density at radius 2 is 1.96 bits per heavy atom. The Labute approximate surface area is 166 Å². The summed E-state index contributed by atoms with van der Waals surface area (Å²) in [4.78, 5) is 20.5. The van der Waals surface area contributed by atoms with Crippen LogP contribution in [-0.2, 0) is 0 Å². The van der Waals surface area contributed by atoms with Gasteiger partial charge in [-0.25, -0.2) is 4.98 Å². The van der Waals surface area contributed by atoms with E-state index >= 15 is 0 Å². The number of carbonyl (C=O) groups excluding carboxylic acids is 1. The van der Waals surface area contributed by atoms with E-state index in [0.717, 1.165) is 28.8 Å². The molecule has 132 valence electrons. The number of nitrogens with one attached hydrogen (secondary N) is 1. The second-order valence-corrected chi connectivity index (χ2v) is 8.07. The number of amides is 1. The third-order valence-electron chi connectivity index (χ3n) is 4.03. The molecule has 1 aromatic heterocycles. The first-order chi connectivity index (χ1) is 12.0. The number of hydrogen-bond donors (Lipinski definition) is 1. The van der Waals surface area contributed by atoms with Gasteiger partial charge in [-0.15, -0.1) is 0 Å². The number of aryl methyl sites for hydroxylation is 1. The number of carbonyl (C=O) groups is 1. The predicted octanol–water partition coefficient (Wildman–Crippen LogP) is 4.85. The lowest BCUT2D eigenvalue weighted by atomic mass is 10.1. The maximum absolute atomic E-state index is 12.4. The van der Waals surface area contributed by atoms with Crippen molar-refractivity contribution in [2.45, 2.75) is 26.2 Å². The molecule has 4 nitrogen and oxygen atoms in total. The van der Waals surface area contributed by atoms with Crippen LogP contribution in [0.4, 0.5) is 5.13 Å². The van der Waals surface area contributed by atoms with Gasteiger partial charge in [0.25, 0.3) is 5.91 Å². The summed E-state index contributed by atoms with van der Waals surface area (Å²) in [7, 11) is 0. The second-order valence-electron chi connectivity index (χ2n) is 5.87. The second kappa shape index (κ2) is 7.99. The lowest BCUT2D eigenvalue weighted by Gasteiger charge is -2.25. The van der Waals surface area contributed by atoms with Crippen molar-refractivity contribution in [1.29, 1.82) is 0 Å². The van der Waals surface area contributed by atoms with E-state index in [4.69, 9.17) is 35.4 Å².